The molecule has 0 fully saturated rings. The van der Waals surface area contributed by atoms with Crippen LogP contribution >= 0.6 is 11.8 Å². The van der Waals surface area contributed by atoms with Crippen molar-refractivity contribution in [2.24, 2.45) is 0 Å². The van der Waals surface area contributed by atoms with E-state index in [4.69, 9.17) is 0 Å². The molecule has 1 unspecified atom stereocenters. The lowest BCUT2D eigenvalue weighted by Gasteiger charge is -2.15. The number of thioether (sulfide) groups is 1. The molecule has 7 nitrogen and oxygen atoms in total. The molecule has 3 aromatic rings. The molecule has 1 atom stereocenters. The van der Waals surface area contributed by atoms with E-state index >= 15 is 0 Å². The average molecular weight is 468 g/mol. The van der Waals surface area contributed by atoms with E-state index in [0.717, 1.165) is 16.8 Å². The first-order valence-electron chi connectivity index (χ1n) is 10.4. The maximum atomic E-state index is 13.9. The number of anilines is 1. The number of aryl methyl sites for hydroxylation is 1. The molecule has 2 amide bonds. The van der Waals surface area contributed by atoms with Gasteiger partial charge in [-0.25, -0.2) is 4.39 Å². The standard InChI is InChI=1S/C24H26FN5O2S/c1-5-13-30-22(17(4)26-23(32)18-10-6-7-11-19(18)25)28-29-24(30)33-14-21(31)27-20-12-8-9-15(2)16(20)3/h5-12,17H,1,13-14H2,2-4H3,(H,26,32)(H,27,31). The molecule has 2 N–H and O–H groups in total. The number of carbonyl (C=O) groups is 2. The van der Waals surface area contributed by atoms with Gasteiger partial charge in [0.1, 0.15) is 5.82 Å². The summed E-state index contributed by atoms with van der Waals surface area (Å²) in [5, 5.41) is 14.6. The van der Waals surface area contributed by atoms with Gasteiger partial charge in [0.15, 0.2) is 11.0 Å². The highest BCUT2D eigenvalue weighted by Gasteiger charge is 2.21. The molecule has 0 aliphatic carbocycles. The number of hydrogen-bond donors (Lipinski definition) is 2. The van der Waals surface area contributed by atoms with Crippen LogP contribution in [0.4, 0.5) is 10.1 Å². The molecule has 1 heterocycles. The molecule has 2 aromatic carbocycles. The number of rotatable bonds is 9. The summed E-state index contributed by atoms with van der Waals surface area (Å²) in [7, 11) is 0. The zero-order chi connectivity index (χ0) is 24.0. The molecule has 0 spiro atoms. The Labute approximate surface area is 196 Å². The molecular formula is C24H26FN5O2S. The minimum Gasteiger partial charge on any atom is -0.342 e. The molecule has 0 radical (unpaired) electrons. The Morgan fingerprint density at radius 3 is 2.67 bits per heavy atom. The average Bonchev–Trinajstić information content (AvgIpc) is 3.18. The lowest BCUT2D eigenvalue weighted by Crippen LogP contribution is -2.29. The highest BCUT2D eigenvalue weighted by atomic mass is 32.2. The number of amides is 2. The van der Waals surface area contributed by atoms with Gasteiger partial charge in [0, 0.05) is 12.2 Å². The third-order valence-electron chi connectivity index (χ3n) is 5.12. The van der Waals surface area contributed by atoms with Crippen LogP contribution in [0.2, 0.25) is 0 Å². The fourth-order valence-corrected chi connectivity index (χ4v) is 3.97. The van der Waals surface area contributed by atoms with E-state index in [-0.39, 0.29) is 17.2 Å². The fraction of sp³-hybridized carbons (Fsp3) is 0.250. The van der Waals surface area contributed by atoms with Crippen LogP contribution in [-0.2, 0) is 11.3 Å². The second-order valence-electron chi connectivity index (χ2n) is 7.50. The Morgan fingerprint density at radius 2 is 1.94 bits per heavy atom. The molecule has 3 rings (SSSR count). The zero-order valence-electron chi connectivity index (χ0n) is 18.8. The van der Waals surface area contributed by atoms with Crippen molar-refractivity contribution in [3.63, 3.8) is 0 Å². The van der Waals surface area contributed by atoms with Crippen LogP contribution in [0.15, 0.2) is 60.3 Å². The second-order valence-corrected chi connectivity index (χ2v) is 8.44. The first-order valence-corrected chi connectivity index (χ1v) is 11.4. The van der Waals surface area contributed by atoms with Gasteiger partial charge in [0.25, 0.3) is 5.91 Å². The first kappa shape index (κ1) is 24.2. The van der Waals surface area contributed by atoms with E-state index in [0.29, 0.717) is 17.5 Å². The highest BCUT2D eigenvalue weighted by Crippen LogP contribution is 2.23. The van der Waals surface area contributed by atoms with Crippen LogP contribution in [0.1, 0.15) is 40.3 Å². The monoisotopic (exact) mass is 467 g/mol. The Morgan fingerprint density at radius 1 is 1.18 bits per heavy atom. The molecule has 33 heavy (non-hydrogen) atoms. The number of aromatic nitrogens is 3. The number of halogens is 1. The summed E-state index contributed by atoms with van der Waals surface area (Å²) in [5.74, 6) is -0.684. The van der Waals surface area contributed by atoms with Crippen molar-refractivity contribution in [3.8, 4) is 0 Å². The van der Waals surface area contributed by atoms with Crippen LogP contribution in [0.25, 0.3) is 0 Å². The highest BCUT2D eigenvalue weighted by molar-refractivity contribution is 7.99. The van der Waals surface area contributed by atoms with Crippen molar-refractivity contribution >= 4 is 29.3 Å². The molecule has 0 saturated carbocycles. The number of allylic oxidation sites excluding steroid dienone is 1. The van der Waals surface area contributed by atoms with Crippen molar-refractivity contribution in [2.45, 2.75) is 38.5 Å². The fourth-order valence-electron chi connectivity index (χ4n) is 3.22. The van der Waals surface area contributed by atoms with Crippen molar-refractivity contribution in [1.82, 2.24) is 20.1 Å². The number of nitrogens with one attached hydrogen (secondary N) is 2. The van der Waals surface area contributed by atoms with Gasteiger partial charge in [-0.05, 0) is 50.1 Å². The predicted octanol–water partition coefficient (Wildman–Crippen LogP) is 4.44. The van der Waals surface area contributed by atoms with E-state index < -0.39 is 17.8 Å². The molecule has 172 valence electrons. The van der Waals surface area contributed by atoms with Gasteiger partial charge in [0.05, 0.1) is 17.4 Å². The number of hydrogen-bond acceptors (Lipinski definition) is 5. The lowest BCUT2D eigenvalue weighted by atomic mass is 10.1. The summed E-state index contributed by atoms with van der Waals surface area (Å²) in [4.78, 5) is 25.0. The maximum Gasteiger partial charge on any atom is 0.254 e. The van der Waals surface area contributed by atoms with Crippen LogP contribution in [0, 0.1) is 19.7 Å². The summed E-state index contributed by atoms with van der Waals surface area (Å²) in [6.07, 6.45) is 1.68. The predicted molar refractivity (Wildman–Crippen MR) is 128 cm³/mol. The van der Waals surface area contributed by atoms with Gasteiger partial charge in [-0.15, -0.1) is 16.8 Å². The van der Waals surface area contributed by atoms with Crippen molar-refractivity contribution in [3.05, 3.63) is 83.5 Å². The minimum absolute atomic E-state index is 0.0446. The van der Waals surface area contributed by atoms with Crippen LogP contribution in [-0.4, -0.2) is 32.3 Å². The maximum absolute atomic E-state index is 13.9. The summed E-state index contributed by atoms with van der Waals surface area (Å²) < 4.78 is 15.7. The van der Waals surface area contributed by atoms with Gasteiger partial charge < -0.3 is 15.2 Å². The lowest BCUT2D eigenvalue weighted by molar-refractivity contribution is -0.113. The van der Waals surface area contributed by atoms with Crippen LogP contribution in [0.5, 0.6) is 0 Å². The molecule has 0 aliphatic rings. The van der Waals surface area contributed by atoms with Crippen molar-refractivity contribution in [2.75, 3.05) is 11.1 Å². The van der Waals surface area contributed by atoms with Gasteiger partial charge in [-0.1, -0.05) is 42.1 Å². The number of benzene rings is 2. The van der Waals surface area contributed by atoms with Crippen molar-refractivity contribution < 1.29 is 14.0 Å². The largest absolute Gasteiger partial charge is 0.342 e. The Bertz CT molecular complexity index is 1180. The van der Waals surface area contributed by atoms with Crippen LogP contribution < -0.4 is 10.6 Å². The number of carbonyl (C=O) groups excluding carboxylic acids is 2. The van der Waals surface area contributed by atoms with E-state index in [2.05, 4.69) is 27.4 Å². The number of nitrogens with zero attached hydrogens (tertiary/aromatic N) is 3. The molecule has 9 heteroatoms. The first-order chi connectivity index (χ1) is 15.8. The third-order valence-corrected chi connectivity index (χ3v) is 6.09. The van der Waals surface area contributed by atoms with E-state index in [1.165, 1.54) is 30.0 Å². The quantitative estimate of drug-likeness (QED) is 0.359. The van der Waals surface area contributed by atoms with E-state index in [9.17, 15) is 14.0 Å². The van der Waals surface area contributed by atoms with E-state index in [1.807, 2.05) is 32.0 Å². The third kappa shape index (κ3) is 5.87. The smallest absolute Gasteiger partial charge is 0.254 e. The molecule has 1 aromatic heterocycles. The Balaban J connectivity index is 1.69. The Kier molecular flexibility index (Phi) is 8.00. The molecular weight excluding hydrogens is 441 g/mol. The normalized spacial score (nSPS) is 11.6. The molecule has 0 aliphatic heterocycles. The van der Waals surface area contributed by atoms with Gasteiger partial charge >= 0.3 is 0 Å². The topological polar surface area (TPSA) is 88.9 Å². The van der Waals surface area contributed by atoms with Gasteiger partial charge in [0.2, 0.25) is 5.91 Å². The summed E-state index contributed by atoms with van der Waals surface area (Å²) in [5.41, 5.74) is 2.85. The van der Waals surface area contributed by atoms with Crippen molar-refractivity contribution in [1.29, 1.82) is 0 Å². The summed E-state index contributed by atoms with van der Waals surface area (Å²) >= 11 is 1.24. The zero-order valence-corrected chi connectivity index (χ0v) is 19.6. The molecule has 0 saturated heterocycles. The summed E-state index contributed by atoms with van der Waals surface area (Å²) in [6, 6.07) is 11.0. The van der Waals surface area contributed by atoms with Crippen LogP contribution in [0.3, 0.4) is 0 Å². The minimum atomic E-state index is -0.596. The van der Waals surface area contributed by atoms with Gasteiger partial charge in [-0.2, -0.15) is 0 Å². The second kappa shape index (κ2) is 10.9. The Hall–Kier alpha value is -3.46. The van der Waals surface area contributed by atoms with E-state index in [1.54, 1.807) is 23.6 Å². The summed E-state index contributed by atoms with van der Waals surface area (Å²) in [6.45, 7) is 9.85. The molecule has 0 bridgehead atoms. The van der Waals surface area contributed by atoms with Gasteiger partial charge in [-0.3, -0.25) is 9.59 Å². The SMILES string of the molecule is C=CCn1c(SCC(=O)Nc2cccc(C)c2C)nnc1C(C)NC(=O)c1ccccc1F.